The molecule has 1 fully saturated rings. The number of alkyl halides is 4. The van der Waals surface area contributed by atoms with Crippen molar-refractivity contribution in [3.8, 4) is 0 Å². The Morgan fingerprint density at radius 3 is 2.44 bits per heavy atom. The van der Waals surface area contributed by atoms with Crippen molar-refractivity contribution in [1.82, 2.24) is 0 Å². The summed E-state index contributed by atoms with van der Waals surface area (Å²) in [6.07, 6.45) is -2.40. The third kappa shape index (κ3) is 2.48. The Balaban J connectivity index is 2.35. The summed E-state index contributed by atoms with van der Waals surface area (Å²) in [5, 5.41) is 0.0142. The van der Waals surface area contributed by atoms with Crippen molar-refractivity contribution in [2.24, 2.45) is 0 Å². The highest BCUT2D eigenvalue weighted by atomic mass is 35.5. The van der Waals surface area contributed by atoms with Crippen molar-refractivity contribution in [3.63, 3.8) is 0 Å². The van der Waals surface area contributed by atoms with Crippen LogP contribution < -0.4 is 0 Å². The molecule has 0 spiro atoms. The van der Waals surface area contributed by atoms with Crippen LogP contribution >= 0.6 is 11.6 Å². The molecule has 0 saturated heterocycles. The summed E-state index contributed by atoms with van der Waals surface area (Å²) in [4.78, 5) is 0. The van der Waals surface area contributed by atoms with E-state index in [1.54, 1.807) is 0 Å². The number of rotatable bonds is 1. The highest BCUT2D eigenvalue weighted by Crippen LogP contribution is 2.44. The third-order valence-electron chi connectivity index (χ3n) is 3.65. The van der Waals surface area contributed by atoms with Gasteiger partial charge < -0.3 is 0 Å². The Labute approximate surface area is 108 Å². The molecule has 0 radical (unpaired) electrons. The molecule has 0 aromatic heterocycles. The zero-order chi connectivity index (χ0) is 13.6. The predicted molar refractivity (Wildman–Crippen MR) is 62.2 cm³/mol. The predicted octanol–water partition coefficient (Wildman–Crippen LogP) is 4.89. The van der Waals surface area contributed by atoms with Crippen molar-refractivity contribution in [1.29, 1.82) is 0 Å². The van der Waals surface area contributed by atoms with Gasteiger partial charge in [-0.25, -0.2) is 4.39 Å². The minimum atomic E-state index is -4.64. The molecule has 1 aromatic carbocycles. The molecule has 2 atom stereocenters. The summed E-state index contributed by atoms with van der Waals surface area (Å²) < 4.78 is 50.9. The van der Waals surface area contributed by atoms with Crippen LogP contribution in [-0.4, -0.2) is 5.38 Å². The monoisotopic (exact) mass is 280 g/mol. The van der Waals surface area contributed by atoms with Gasteiger partial charge in [-0.3, -0.25) is 0 Å². The summed E-state index contributed by atoms with van der Waals surface area (Å²) in [5.74, 6) is -1.21. The molecule has 18 heavy (non-hydrogen) atoms. The second kappa shape index (κ2) is 4.41. The maximum absolute atomic E-state index is 13.5. The Morgan fingerprint density at radius 1 is 1.33 bits per heavy atom. The van der Waals surface area contributed by atoms with E-state index in [9.17, 15) is 17.6 Å². The zero-order valence-corrected chi connectivity index (χ0v) is 10.6. The van der Waals surface area contributed by atoms with Gasteiger partial charge in [0.2, 0.25) is 0 Å². The van der Waals surface area contributed by atoms with Gasteiger partial charge in [-0.15, -0.1) is 11.6 Å². The normalized spacial score (nSPS) is 28.7. The van der Waals surface area contributed by atoms with Gasteiger partial charge >= 0.3 is 6.18 Å². The van der Waals surface area contributed by atoms with E-state index in [0.717, 1.165) is 25.0 Å². The lowest BCUT2D eigenvalue weighted by molar-refractivity contribution is -0.140. The first-order valence-corrected chi connectivity index (χ1v) is 6.17. The maximum atomic E-state index is 13.5. The lowest BCUT2D eigenvalue weighted by Crippen LogP contribution is -2.19. The van der Waals surface area contributed by atoms with Gasteiger partial charge in [0.15, 0.2) is 0 Å². The van der Waals surface area contributed by atoms with Gasteiger partial charge in [-0.05, 0) is 42.4 Å². The molecule has 0 aliphatic heterocycles. The Bertz CT molecular complexity index is 455. The molecule has 2 rings (SSSR count). The molecule has 100 valence electrons. The van der Waals surface area contributed by atoms with Gasteiger partial charge in [0.1, 0.15) is 5.82 Å². The van der Waals surface area contributed by atoms with Crippen molar-refractivity contribution >= 4 is 11.6 Å². The molecule has 0 bridgehead atoms. The van der Waals surface area contributed by atoms with Crippen molar-refractivity contribution < 1.29 is 17.6 Å². The molecular weight excluding hydrogens is 268 g/mol. The fourth-order valence-electron chi connectivity index (χ4n) is 2.55. The van der Waals surface area contributed by atoms with Crippen LogP contribution in [0.5, 0.6) is 0 Å². The van der Waals surface area contributed by atoms with E-state index >= 15 is 0 Å². The van der Waals surface area contributed by atoms with Crippen molar-refractivity contribution in [3.05, 3.63) is 35.1 Å². The standard InChI is InChI=1S/C13H13ClF4/c1-12(5-4-9(14)7-12)8-2-3-10(11(15)6-8)13(16,17)18/h2-3,6,9H,4-5,7H2,1H3. The average molecular weight is 281 g/mol. The van der Waals surface area contributed by atoms with Gasteiger partial charge in [-0.1, -0.05) is 13.0 Å². The van der Waals surface area contributed by atoms with E-state index < -0.39 is 17.6 Å². The van der Waals surface area contributed by atoms with Crippen LogP contribution in [0, 0.1) is 5.82 Å². The van der Waals surface area contributed by atoms with Crippen LogP contribution in [0.25, 0.3) is 0 Å². The van der Waals surface area contributed by atoms with Gasteiger partial charge in [0.25, 0.3) is 0 Å². The number of hydrogen-bond donors (Lipinski definition) is 0. The summed E-state index contributed by atoms with van der Waals surface area (Å²) in [7, 11) is 0. The molecular formula is C13H13ClF4. The molecule has 0 nitrogen and oxygen atoms in total. The third-order valence-corrected chi connectivity index (χ3v) is 4.03. The quantitative estimate of drug-likeness (QED) is 0.507. The lowest BCUT2D eigenvalue weighted by atomic mass is 9.80. The molecule has 0 N–H and O–H groups in total. The molecule has 2 unspecified atom stereocenters. The number of benzene rings is 1. The van der Waals surface area contributed by atoms with Crippen LogP contribution in [0.2, 0.25) is 0 Å². The molecule has 1 saturated carbocycles. The van der Waals surface area contributed by atoms with Crippen molar-refractivity contribution in [2.75, 3.05) is 0 Å². The van der Waals surface area contributed by atoms with E-state index in [-0.39, 0.29) is 10.8 Å². The lowest BCUT2D eigenvalue weighted by Gasteiger charge is -2.25. The maximum Gasteiger partial charge on any atom is 0.419 e. The molecule has 1 aromatic rings. The Kier molecular flexibility index (Phi) is 3.34. The highest BCUT2D eigenvalue weighted by molar-refractivity contribution is 6.20. The van der Waals surface area contributed by atoms with Crippen LogP contribution in [0.4, 0.5) is 17.6 Å². The molecule has 0 heterocycles. The van der Waals surface area contributed by atoms with Crippen LogP contribution in [0.3, 0.4) is 0 Å². The van der Waals surface area contributed by atoms with E-state index in [0.29, 0.717) is 12.0 Å². The molecule has 1 aliphatic rings. The Morgan fingerprint density at radius 2 is 2.00 bits per heavy atom. The second-order valence-corrected chi connectivity index (χ2v) is 5.71. The SMILES string of the molecule is CC1(c2ccc(C(F)(F)F)c(F)c2)CCC(Cl)C1. The van der Waals surface area contributed by atoms with E-state index in [2.05, 4.69) is 0 Å². The zero-order valence-electron chi connectivity index (χ0n) is 9.82. The number of halogens is 5. The first-order chi connectivity index (χ1) is 8.22. The smallest absolute Gasteiger partial charge is 0.206 e. The van der Waals surface area contributed by atoms with Crippen LogP contribution in [-0.2, 0) is 11.6 Å². The van der Waals surface area contributed by atoms with E-state index in [1.165, 1.54) is 6.07 Å². The van der Waals surface area contributed by atoms with Crippen molar-refractivity contribution in [2.45, 2.75) is 43.2 Å². The number of hydrogen-bond acceptors (Lipinski definition) is 0. The molecule has 5 heteroatoms. The largest absolute Gasteiger partial charge is 0.419 e. The molecule has 1 aliphatic carbocycles. The highest BCUT2D eigenvalue weighted by Gasteiger charge is 2.38. The summed E-state index contributed by atoms with van der Waals surface area (Å²) in [6.45, 7) is 1.91. The minimum absolute atomic E-state index is 0.0142. The summed E-state index contributed by atoms with van der Waals surface area (Å²) in [5.41, 5.74) is -0.941. The molecule has 0 amide bonds. The first kappa shape index (κ1) is 13.7. The van der Waals surface area contributed by atoms with Gasteiger partial charge in [-0.2, -0.15) is 13.2 Å². The topological polar surface area (TPSA) is 0 Å². The van der Waals surface area contributed by atoms with Gasteiger partial charge in [0.05, 0.1) is 5.56 Å². The fourth-order valence-corrected chi connectivity index (χ4v) is 3.00. The van der Waals surface area contributed by atoms with Crippen LogP contribution in [0.1, 0.15) is 37.3 Å². The van der Waals surface area contributed by atoms with Crippen LogP contribution in [0.15, 0.2) is 18.2 Å². The second-order valence-electron chi connectivity index (χ2n) is 5.09. The fraction of sp³-hybridized carbons (Fsp3) is 0.538. The first-order valence-electron chi connectivity index (χ1n) is 5.74. The van der Waals surface area contributed by atoms with E-state index in [1.807, 2.05) is 6.92 Å². The summed E-state index contributed by atoms with van der Waals surface area (Å²) >= 11 is 6.02. The van der Waals surface area contributed by atoms with Gasteiger partial charge in [0, 0.05) is 5.38 Å². The van der Waals surface area contributed by atoms with E-state index in [4.69, 9.17) is 11.6 Å². The minimum Gasteiger partial charge on any atom is -0.206 e. The summed E-state index contributed by atoms with van der Waals surface area (Å²) in [6, 6.07) is 3.18. The Hall–Kier alpha value is -0.770. The average Bonchev–Trinajstić information content (AvgIpc) is 2.58.